The zero-order valence-electron chi connectivity index (χ0n) is 13.2. The summed E-state index contributed by atoms with van der Waals surface area (Å²) >= 11 is 0. The number of fused-ring (bicyclic) bond motifs is 1. The Morgan fingerprint density at radius 1 is 1.17 bits per heavy atom. The molecule has 2 atom stereocenters. The highest BCUT2D eigenvalue weighted by Crippen LogP contribution is 2.30. The number of piperidine rings is 1. The molecule has 23 heavy (non-hydrogen) atoms. The average molecular weight is 307 g/mol. The Morgan fingerprint density at radius 2 is 2.00 bits per heavy atom. The Hall–Kier alpha value is -2.40. The standard InChI is InChI=1S/C18H21N5/c1-11-8-13(6-7-20-11)18-21-10-17-16(23-18)9-15(22-17)12-2-4-14(19)5-3-12/h2-5,9-11,13,20H,6-8,19H2,1H3,(H,21,23). The second-order valence-corrected chi connectivity index (χ2v) is 6.41. The Morgan fingerprint density at radius 3 is 2.78 bits per heavy atom. The van der Waals surface area contributed by atoms with E-state index >= 15 is 0 Å². The van der Waals surface area contributed by atoms with Gasteiger partial charge in [0.15, 0.2) is 0 Å². The molecule has 0 amide bonds. The van der Waals surface area contributed by atoms with Crippen LogP contribution in [0.4, 0.5) is 5.69 Å². The lowest BCUT2D eigenvalue weighted by Crippen LogP contribution is -2.35. The van der Waals surface area contributed by atoms with Gasteiger partial charge in [-0.15, -0.1) is 0 Å². The summed E-state index contributed by atoms with van der Waals surface area (Å²) in [6, 6.07) is 10.4. The van der Waals surface area contributed by atoms with Crippen molar-refractivity contribution < 1.29 is 0 Å². The van der Waals surface area contributed by atoms with Crippen LogP contribution in [0.25, 0.3) is 22.6 Å². The Balaban J connectivity index is 1.67. The van der Waals surface area contributed by atoms with Crippen LogP contribution in [-0.2, 0) is 0 Å². The van der Waals surface area contributed by atoms with Crippen molar-refractivity contribution >= 4 is 5.69 Å². The summed E-state index contributed by atoms with van der Waals surface area (Å²) in [5.41, 5.74) is 10.5. The fraction of sp³-hybridized carbons (Fsp3) is 0.333. The van der Waals surface area contributed by atoms with Gasteiger partial charge in [0.25, 0.3) is 0 Å². The second-order valence-electron chi connectivity index (χ2n) is 6.41. The maximum absolute atomic E-state index is 5.75. The lowest BCUT2D eigenvalue weighted by atomic mass is 9.92. The SMILES string of the molecule is CC1CC(c2ncc3nc(-c4ccc(N)cc4)cc-3[nH]2)CCN1. The molecule has 3 heterocycles. The number of aromatic nitrogens is 3. The molecule has 1 aromatic carbocycles. The summed E-state index contributed by atoms with van der Waals surface area (Å²) in [5.74, 6) is 1.56. The van der Waals surface area contributed by atoms with Gasteiger partial charge in [0.2, 0.25) is 0 Å². The quantitative estimate of drug-likeness (QED) is 0.636. The Labute approximate surface area is 135 Å². The van der Waals surface area contributed by atoms with Gasteiger partial charge in [-0.1, -0.05) is 12.1 Å². The summed E-state index contributed by atoms with van der Waals surface area (Å²) in [5, 5.41) is 3.48. The molecule has 5 nitrogen and oxygen atoms in total. The highest BCUT2D eigenvalue weighted by Gasteiger charge is 2.23. The molecule has 0 radical (unpaired) electrons. The fourth-order valence-electron chi connectivity index (χ4n) is 3.32. The van der Waals surface area contributed by atoms with Crippen LogP contribution in [0.1, 0.15) is 31.5 Å². The molecule has 4 rings (SSSR count). The highest BCUT2D eigenvalue weighted by atomic mass is 15.0. The molecule has 3 aliphatic heterocycles. The van der Waals surface area contributed by atoms with Gasteiger partial charge in [-0.3, -0.25) is 0 Å². The summed E-state index contributed by atoms with van der Waals surface area (Å²) in [6.07, 6.45) is 4.13. The Bertz CT molecular complexity index is 777. The summed E-state index contributed by atoms with van der Waals surface area (Å²) in [4.78, 5) is 12.8. The van der Waals surface area contributed by atoms with Gasteiger partial charge in [-0.2, -0.15) is 0 Å². The monoisotopic (exact) mass is 307 g/mol. The van der Waals surface area contributed by atoms with E-state index in [1.165, 1.54) is 0 Å². The van der Waals surface area contributed by atoms with E-state index in [4.69, 9.17) is 5.73 Å². The molecule has 4 N–H and O–H groups in total. The van der Waals surface area contributed by atoms with Gasteiger partial charge in [0, 0.05) is 23.2 Å². The third-order valence-corrected chi connectivity index (χ3v) is 4.60. The van der Waals surface area contributed by atoms with Crippen molar-refractivity contribution in [3.63, 3.8) is 0 Å². The highest BCUT2D eigenvalue weighted by molar-refractivity contribution is 5.71. The zero-order valence-corrected chi connectivity index (χ0v) is 13.2. The molecule has 1 fully saturated rings. The summed E-state index contributed by atoms with van der Waals surface area (Å²) in [7, 11) is 0. The van der Waals surface area contributed by atoms with E-state index in [0.717, 1.165) is 53.5 Å². The molecule has 0 bridgehead atoms. The van der Waals surface area contributed by atoms with Crippen LogP contribution in [0.3, 0.4) is 0 Å². The zero-order chi connectivity index (χ0) is 15.8. The molecule has 0 spiro atoms. The van der Waals surface area contributed by atoms with Crippen LogP contribution in [0.2, 0.25) is 0 Å². The molecule has 1 saturated heterocycles. The number of anilines is 1. The minimum Gasteiger partial charge on any atom is -0.399 e. The van der Waals surface area contributed by atoms with Gasteiger partial charge in [-0.05, 0) is 44.5 Å². The summed E-state index contributed by atoms with van der Waals surface area (Å²) < 4.78 is 0. The fourth-order valence-corrected chi connectivity index (χ4v) is 3.32. The Kier molecular flexibility index (Phi) is 3.50. The van der Waals surface area contributed by atoms with Crippen LogP contribution in [0, 0.1) is 0 Å². The molecule has 2 unspecified atom stereocenters. The number of hydrogen-bond acceptors (Lipinski definition) is 4. The van der Waals surface area contributed by atoms with Crippen LogP contribution >= 0.6 is 0 Å². The van der Waals surface area contributed by atoms with Gasteiger partial charge < -0.3 is 16.0 Å². The van der Waals surface area contributed by atoms with Gasteiger partial charge >= 0.3 is 0 Å². The van der Waals surface area contributed by atoms with Crippen LogP contribution < -0.4 is 11.1 Å². The maximum atomic E-state index is 5.75. The predicted molar refractivity (Wildman–Crippen MR) is 92.3 cm³/mol. The van der Waals surface area contributed by atoms with Crippen molar-refractivity contribution in [1.29, 1.82) is 0 Å². The van der Waals surface area contributed by atoms with Crippen molar-refractivity contribution in [2.45, 2.75) is 31.7 Å². The van der Waals surface area contributed by atoms with E-state index in [9.17, 15) is 0 Å². The first-order valence-electron chi connectivity index (χ1n) is 8.14. The number of nitrogens with one attached hydrogen (secondary N) is 2. The van der Waals surface area contributed by atoms with Crippen LogP contribution in [0.5, 0.6) is 0 Å². The first kappa shape index (κ1) is 14.2. The molecular formula is C18H21N5. The van der Waals surface area contributed by atoms with E-state index in [1.54, 1.807) is 0 Å². The molecule has 3 aliphatic rings. The average Bonchev–Trinajstić information content (AvgIpc) is 2.98. The molecule has 0 aliphatic carbocycles. The predicted octanol–water partition coefficient (Wildman–Crippen LogP) is 3.01. The lowest BCUT2D eigenvalue weighted by Gasteiger charge is -2.27. The van der Waals surface area contributed by atoms with Crippen molar-refractivity contribution in [3.05, 3.63) is 42.4 Å². The molecule has 118 valence electrons. The molecular weight excluding hydrogens is 286 g/mol. The maximum Gasteiger partial charge on any atom is 0.109 e. The van der Waals surface area contributed by atoms with E-state index in [0.29, 0.717) is 12.0 Å². The van der Waals surface area contributed by atoms with Crippen LogP contribution in [0.15, 0.2) is 36.5 Å². The van der Waals surface area contributed by atoms with Crippen molar-refractivity contribution in [2.75, 3.05) is 12.3 Å². The number of rotatable bonds is 2. The molecule has 1 aromatic rings. The van der Waals surface area contributed by atoms with Gasteiger partial charge in [-0.25, -0.2) is 9.97 Å². The number of nitrogen functional groups attached to an aromatic ring is 1. The molecule has 0 saturated carbocycles. The smallest absolute Gasteiger partial charge is 0.109 e. The molecule has 0 aromatic heterocycles. The van der Waals surface area contributed by atoms with Crippen molar-refractivity contribution in [3.8, 4) is 22.6 Å². The first-order valence-corrected chi connectivity index (χ1v) is 8.14. The number of hydrogen-bond donors (Lipinski definition) is 3. The van der Waals surface area contributed by atoms with Gasteiger partial charge in [0.1, 0.15) is 11.5 Å². The van der Waals surface area contributed by atoms with E-state index in [-0.39, 0.29) is 0 Å². The number of aromatic amines is 1. The van der Waals surface area contributed by atoms with E-state index in [2.05, 4.69) is 33.3 Å². The number of H-pyrrole nitrogens is 1. The van der Waals surface area contributed by atoms with E-state index in [1.807, 2.05) is 30.5 Å². The van der Waals surface area contributed by atoms with Crippen molar-refractivity contribution in [1.82, 2.24) is 20.3 Å². The molecule has 5 heteroatoms. The normalized spacial score (nSPS) is 21.6. The number of nitrogens with two attached hydrogens (primary N) is 1. The first-order chi connectivity index (χ1) is 11.2. The minimum absolute atomic E-state index is 0.491. The second kappa shape index (κ2) is 5.66. The van der Waals surface area contributed by atoms with E-state index < -0.39 is 0 Å². The number of benzene rings is 1. The van der Waals surface area contributed by atoms with Gasteiger partial charge in [0.05, 0.1) is 17.6 Å². The number of nitrogens with zero attached hydrogens (tertiary/aromatic N) is 2. The van der Waals surface area contributed by atoms with Crippen molar-refractivity contribution in [2.24, 2.45) is 0 Å². The van der Waals surface area contributed by atoms with Crippen LogP contribution in [-0.4, -0.2) is 27.5 Å². The largest absolute Gasteiger partial charge is 0.399 e. The lowest BCUT2D eigenvalue weighted by molar-refractivity contribution is 0.371. The minimum atomic E-state index is 0.491. The third-order valence-electron chi connectivity index (χ3n) is 4.60. The summed E-state index contributed by atoms with van der Waals surface area (Å²) in [6.45, 7) is 3.28. The topological polar surface area (TPSA) is 79.6 Å². The third kappa shape index (κ3) is 2.80.